The first kappa shape index (κ1) is 14.0. The Morgan fingerprint density at radius 3 is 2.63 bits per heavy atom. The highest BCUT2D eigenvalue weighted by molar-refractivity contribution is 5.77. The lowest BCUT2D eigenvalue weighted by Gasteiger charge is -2.29. The second kappa shape index (κ2) is 6.17. The average Bonchev–Trinajstić information content (AvgIpc) is 2.38. The fourth-order valence-corrected chi connectivity index (χ4v) is 2.57. The molecule has 0 bridgehead atoms. The third-order valence-electron chi connectivity index (χ3n) is 3.64. The van der Waals surface area contributed by atoms with Gasteiger partial charge in [0.05, 0.1) is 19.1 Å². The molecule has 0 saturated carbocycles. The number of morpholine rings is 1. The lowest BCUT2D eigenvalue weighted by atomic mass is 9.93. The number of carbonyl (C=O) groups is 1. The molecule has 1 aromatic carbocycles. The van der Waals surface area contributed by atoms with Crippen molar-refractivity contribution < 1.29 is 14.6 Å². The van der Waals surface area contributed by atoms with Gasteiger partial charge in [0.1, 0.15) is 0 Å². The summed E-state index contributed by atoms with van der Waals surface area (Å²) in [6, 6.07) is 5.98. The van der Waals surface area contributed by atoms with E-state index in [4.69, 9.17) is 4.74 Å². The topological polar surface area (TPSA) is 49.8 Å². The zero-order valence-corrected chi connectivity index (χ0v) is 11.6. The molecule has 4 nitrogen and oxygen atoms in total. The van der Waals surface area contributed by atoms with E-state index in [1.807, 2.05) is 32.0 Å². The molecule has 0 aliphatic carbocycles. The van der Waals surface area contributed by atoms with Gasteiger partial charge in [-0.3, -0.25) is 9.69 Å². The van der Waals surface area contributed by atoms with Gasteiger partial charge in [0, 0.05) is 19.6 Å². The standard InChI is InChI=1S/C15H21NO3/c1-11-3-4-13(12(2)9-11)14(15(17)18)10-16-5-7-19-8-6-16/h3-4,9,14H,5-8,10H2,1-2H3,(H,17,18). The first-order valence-electron chi connectivity index (χ1n) is 6.68. The van der Waals surface area contributed by atoms with Crippen LogP contribution >= 0.6 is 0 Å². The van der Waals surface area contributed by atoms with Gasteiger partial charge in [-0.25, -0.2) is 0 Å². The SMILES string of the molecule is Cc1ccc(C(CN2CCOCC2)C(=O)O)c(C)c1. The first-order chi connectivity index (χ1) is 9.08. The summed E-state index contributed by atoms with van der Waals surface area (Å²) in [5.74, 6) is -1.21. The molecule has 0 radical (unpaired) electrons. The van der Waals surface area contributed by atoms with Crippen molar-refractivity contribution in [1.82, 2.24) is 4.90 Å². The fraction of sp³-hybridized carbons (Fsp3) is 0.533. The van der Waals surface area contributed by atoms with E-state index in [1.165, 1.54) is 0 Å². The molecule has 4 heteroatoms. The van der Waals surface area contributed by atoms with Crippen molar-refractivity contribution in [3.8, 4) is 0 Å². The van der Waals surface area contributed by atoms with Gasteiger partial charge in [0.25, 0.3) is 0 Å². The summed E-state index contributed by atoms with van der Waals surface area (Å²) in [7, 11) is 0. The van der Waals surface area contributed by atoms with Gasteiger partial charge < -0.3 is 9.84 Å². The minimum absolute atomic E-state index is 0.460. The molecule has 104 valence electrons. The van der Waals surface area contributed by atoms with E-state index in [0.29, 0.717) is 19.8 Å². The Labute approximate surface area is 114 Å². The molecule has 0 aromatic heterocycles. The molecule has 0 amide bonds. The Hall–Kier alpha value is -1.39. The number of ether oxygens (including phenoxy) is 1. The second-order valence-corrected chi connectivity index (χ2v) is 5.16. The van der Waals surface area contributed by atoms with E-state index >= 15 is 0 Å². The molecule has 1 heterocycles. The van der Waals surface area contributed by atoms with Crippen LogP contribution in [0.25, 0.3) is 0 Å². The molecular weight excluding hydrogens is 242 g/mol. The zero-order valence-electron chi connectivity index (χ0n) is 11.6. The summed E-state index contributed by atoms with van der Waals surface area (Å²) in [5.41, 5.74) is 3.14. The lowest BCUT2D eigenvalue weighted by Crippen LogP contribution is -2.40. The van der Waals surface area contributed by atoms with Crippen molar-refractivity contribution in [2.45, 2.75) is 19.8 Å². The third-order valence-corrected chi connectivity index (χ3v) is 3.64. The molecule has 1 aliphatic heterocycles. The predicted octanol–water partition coefficient (Wildman–Crippen LogP) is 1.80. The molecule has 1 saturated heterocycles. The van der Waals surface area contributed by atoms with Gasteiger partial charge in [-0.1, -0.05) is 23.8 Å². The highest BCUT2D eigenvalue weighted by Crippen LogP contribution is 2.23. The maximum Gasteiger partial charge on any atom is 0.312 e. The minimum atomic E-state index is -0.751. The van der Waals surface area contributed by atoms with E-state index in [2.05, 4.69) is 4.90 Å². The van der Waals surface area contributed by atoms with Crippen LogP contribution in [-0.2, 0) is 9.53 Å². The largest absolute Gasteiger partial charge is 0.481 e. The average molecular weight is 263 g/mol. The van der Waals surface area contributed by atoms with Crippen LogP contribution in [-0.4, -0.2) is 48.8 Å². The Balaban J connectivity index is 2.17. The second-order valence-electron chi connectivity index (χ2n) is 5.16. The first-order valence-corrected chi connectivity index (χ1v) is 6.68. The van der Waals surface area contributed by atoms with E-state index in [-0.39, 0.29) is 0 Å². The number of aryl methyl sites for hydroxylation is 2. The van der Waals surface area contributed by atoms with Crippen molar-refractivity contribution in [2.24, 2.45) is 0 Å². The van der Waals surface area contributed by atoms with Gasteiger partial charge >= 0.3 is 5.97 Å². The molecule has 1 aliphatic rings. The Morgan fingerprint density at radius 2 is 2.05 bits per heavy atom. The molecule has 1 aromatic rings. The molecule has 1 N–H and O–H groups in total. The summed E-state index contributed by atoms with van der Waals surface area (Å²) >= 11 is 0. The van der Waals surface area contributed by atoms with Crippen LogP contribution < -0.4 is 0 Å². The molecule has 1 fully saturated rings. The number of hydrogen-bond acceptors (Lipinski definition) is 3. The number of rotatable bonds is 4. The summed E-state index contributed by atoms with van der Waals surface area (Å²) in [6.07, 6.45) is 0. The number of hydrogen-bond donors (Lipinski definition) is 1. The number of carboxylic acid groups (broad SMARTS) is 1. The number of benzene rings is 1. The maximum atomic E-state index is 11.6. The van der Waals surface area contributed by atoms with Crippen LogP contribution in [0.1, 0.15) is 22.6 Å². The van der Waals surface area contributed by atoms with Crippen LogP contribution in [0, 0.1) is 13.8 Å². The number of nitrogens with zero attached hydrogens (tertiary/aromatic N) is 1. The van der Waals surface area contributed by atoms with Crippen molar-refractivity contribution in [1.29, 1.82) is 0 Å². The Kier molecular flexibility index (Phi) is 4.56. The monoisotopic (exact) mass is 263 g/mol. The van der Waals surface area contributed by atoms with E-state index in [0.717, 1.165) is 29.8 Å². The van der Waals surface area contributed by atoms with E-state index in [9.17, 15) is 9.90 Å². The van der Waals surface area contributed by atoms with Gasteiger partial charge in [-0.05, 0) is 25.0 Å². The van der Waals surface area contributed by atoms with Gasteiger partial charge in [-0.2, -0.15) is 0 Å². The molecule has 1 atom stereocenters. The van der Waals surface area contributed by atoms with Crippen LogP contribution in [0.4, 0.5) is 0 Å². The fourth-order valence-electron chi connectivity index (χ4n) is 2.57. The quantitative estimate of drug-likeness (QED) is 0.900. The summed E-state index contributed by atoms with van der Waals surface area (Å²) in [6.45, 7) is 7.58. The molecular formula is C15H21NO3. The van der Waals surface area contributed by atoms with Crippen LogP contribution in [0.5, 0.6) is 0 Å². The van der Waals surface area contributed by atoms with E-state index in [1.54, 1.807) is 0 Å². The Bertz CT molecular complexity index is 453. The molecule has 2 rings (SSSR count). The number of carboxylic acids is 1. The van der Waals surface area contributed by atoms with Gasteiger partial charge in [-0.15, -0.1) is 0 Å². The van der Waals surface area contributed by atoms with Crippen molar-refractivity contribution in [3.63, 3.8) is 0 Å². The lowest BCUT2D eigenvalue weighted by molar-refractivity contribution is -0.139. The van der Waals surface area contributed by atoms with E-state index < -0.39 is 11.9 Å². The van der Waals surface area contributed by atoms with Crippen LogP contribution in [0.15, 0.2) is 18.2 Å². The molecule has 19 heavy (non-hydrogen) atoms. The highest BCUT2D eigenvalue weighted by Gasteiger charge is 2.25. The van der Waals surface area contributed by atoms with Crippen molar-refractivity contribution in [3.05, 3.63) is 34.9 Å². The summed E-state index contributed by atoms with van der Waals surface area (Å²) < 4.78 is 5.30. The Morgan fingerprint density at radius 1 is 1.37 bits per heavy atom. The summed E-state index contributed by atoms with van der Waals surface area (Å²) in [5, 5.41) is 9.49. The highest BCUT2D eigenvalue weighted by atomic mass is 16.5. The summed E-state index contributed by atoms with van der Waals surface area (Å²) in [4.78, 5) is 13.7. The molecule has 1 unspecified atom stereocenters. The molecule has 0 spiro atoms. The van der Waals surface area contributed by atoms with Crippen LogP contribution in [0.3, 0.4) is 0 Å². The van der Waals surface area contributed by atoms with Gasteiger partial charge in [0.15, 0.2) is 0 Å². The zero-order chi connectivity index (χ0) is 13.8. The normalized spacial score (nSPS) is 18.2. The van der Waals surface area contributed by atoms with Gasteiger partial charge in [0.2, 0.25) is 0 Å². The van der Waals surface area contributed by atoms with Crippen LogP contribution in [0.2, 0.25) is 0 Å². The minimum Gasteiger partial charge on any atom is -0.481 e. The third kappa shape index (κ3) is 3.55. The van der Waals surface area contributed by atoms with Crippen molar-refractivity contribution >= 4 is 5.97 Å². The predicted molar refractivity (Wildman–Crippen MR) is 73.6 cm³/mol. The maximum absolute atomic E-state index is 11.6. The van der Waals surface area contributed by atoms with Crippen molar-refractivity contribution in [2.75, 3.05) is 32.8 Å². The number of aliphatic carboxylic acids is 1. The smallest absolute Gasteiger partial charge is 0.312 e.